The van der Waals surface area contributed by atoms with E-state index in [0.717, 1.165) is 12.3 Å². The van der Waals surface area contributed by atoms with Crippen molar-refractivity contribution in [2.45, 2.75) is 46.0 Å². The van der Waals surface area contributed by atoms with Gasteiger partial charge in [-0.3, -0.25) is 4.79 Å². The van der Waals surface area contributed by atoms with Crippen molar-refractivity contribution in [2.75, 3.05) is 0 Å². The molecule has 0 saturated heterocycles. The van der Waals surface area contributed by atoms with E-state index >= 15 is 0 Å². The van der Waals surface area contributed by atoms with E-state index in [1.165, 1.54) is 25.7 Å². The lowest BCUT2D eigenvalue weighted by molar-refractivity contribution is -0.141. The molecule has 1 aliphatic carbocycles. The van der Waals surface area contributed by atoms with Crippen LogP contribution in [-0.4, -0.2) is 11.1 Å². The van der Waals surface area contributed by atoms with Gasteiger partial charge in [0.2, 0.25) is 0 Å². The number of carbonyl (C=O) groups is 1. The Labute approximate surface area is 80.3 Å². The maximum atomic E-state index is 10.7. The highest BCUT2D eigenvalue weighted by Gasteiger charge is 2.23. The van der Waals surface area contributed by atoms with Gasteiger partial charge in [0.15, 0.2) is 0 Å². The molecule has 0 heterocycles. The molecule has 1 N–H and O–H groups in total. The average Bonchev–Trinajstić information content (AvgIpc) is 2.04. The molecular weight excluding hydrogens is 164 g/mol. The number of carboxylic acid groups (broad SMARTS) is 1. The van der Waals surface area contributed by atoms with Gasteiger partial charge in [0, 0.05) is 0 Å². The van der Waals surface area contributed by atoms with Gasteiger partial charge in [0.1, 0.15) is 0 Å². The summed E-state index contributed by atoms with van der Waals surface area (Å²) in [6.07, 6.45) is 5.97. The van der Waals surface area contributed by atoms with E-state index in [0.29, 0.717) is 5.92 Å². The van der Waals surface area contributed by atoms with Crippen LogP contribution in [0.15, 0.2) is 0 Å². The van der Waals surface area contributed by atoms with Gasteiger partial charge in [-0.05, 0) is 24.7 Å². The molecule has 0 bridgehead atoms. The summed E-state index contributed by atoms with van der Waals surface area (Å²) in [6.45, 7) is 4.10. The van der Waals surface area contributed by atoms with E-state index in [4.69, 9.17) is 5.11 Å². The van der Waals surface area contributed by atoms with E-state index in [-0.39, 0.29) is 5.92 Å². The fourth-order valence-corrected chi connectivity index (χ4v) is 2.37. The number of rotatable bonds is 3. The lowest BCUT2D eigenvalue weighted by atomic mass is 9.78. The van der Waals surface area contributed by atoms with E-state index < -0.39 is 5.97 Å². The maximum absolute atomic E-state index is 10.7. The van der Waals surface area contributed by atoms with Crippen molar-refractivity contribution in [3.63, 3.8) is 0 Å². The molecule has 0 aromatic heterocycles. The smallest absolute Gasteiger partial charge is 0.306 e. The molecule has 0 spiro atoms. The zero-order chi connectivity index (χ0) is 9.84. The first-order valence-electron chi connectivity index (χ1n) is 5.32. The minimum atomic E-state index is -0.641. The van der Waals surface area contributed by atoms with E-state index in [2.05, 4.69) is 6.92 Å². The SMILES string of the molecule is CC1CCCC(CC(C)C(=O)O)C1. The van der Waals surface area contributed by atoms with Crippen molar-refractivity contribution in [1.29, 1.82) is 0 Å². The van der Waals surface area contributed by atoms with Crippen LogP contribution in [0.3, 0.4) is 0 Å². The van der Waals surface area contributed by atoms with Crippen LogP contribution in [0.5, 0.6) is 0 Å². The molecule has 1 rings (SSSR count). The zero-order valence-corrected chi connectivity index (χ0v) is 8.62. The van der Waals surface area contributed by atoms with Crippen molar-refractivity contribution >= 4 is 5.97 Å². The van der Waals surface area contributed by atoms with Crippen LogP contribution in [0.2, 0.25) is 0 Å². The summed E-state index contributed by atoms with van der Waals surface area (Å²) in [5.74, 6) is 0.670. The molecule has 3 unspecified atom stereocenters. The van der Waals surface area contributed by atoms with Crippen LogP contribution < -0.4 is 0 Å². The molecule has 0 aromatic carbocycles. The Hall–Kier alpha value is -0.530. The van der Waals surface area contributed by atoms with Crippen molar-refractivity contribution in [1.82, 2.24) is 0 Å². The van der Waals surface area contributed by atoms with Crippen LogP contribution in [0.1, 0.15) is 46.0 Å². The second kappa shape index (κ2) is 4.64. The second-order valence-electron chi connectivity index (χ2n) is 4.61. The Morgan fingerprint density at radius 2 is 2.23 bits per heavy atom. The van der Waals surface area contributed by atoms with Crippen molar-refractivity contribution in [2.24, 2.45) is 17.8 Å². The zero-order valence-electron chi connectivity index (χ0n) is 8.62. The van der Waals surface area contributed by atoms with Gasteiger partial charge in [0.05, 0.1) is 5.92 Å². The Kier molecular flexibility index (Phi) is 3.76. The molecular formula is C11H20O2. The predicted molar refractivity (Wildman–Crippen MR) is 52.5 cm³/mol. The minimum Gasteiger partial charge on any atom is -0.481 e. The third-order valence-electron chi connectivity index (χ3n) is 3.15. The van der Waals surface area contributed by atoms with Crippen molar-refractivity contribution in [3.8, 4) is 0 Å². The van der Waals surface area contributed by atoms with Gasteiger partial charge in [-0.1, -0.05) is 33.1 Å². The molecule has 0 amide bonds. The standard InChI is InChI=1S/C11H20O2/c1-8-4-3-5-10(6-8)7-9(2)11(12)13/h8-10H,3-7H2,1-2H3,(H,12,13). The van der Waals surface area contributed by atoms with E-state index in [1.54, 1.807) is 0 Å². The van der Waals surface area contributed by atoms with Gasteiger partial charge < -0.3 is 5.11 Å². The summed E-state index contributed by atoms with van der Waals surface area (Å²) >= 11 is 0. The molecule has 0 aromatic rings. The van der Waals surface area contributed by atoms with Crippen LogP contribution in [0.4, 0.5) is 0 Å². The summed E-state index contributed by atoms with van der Waals surface area (Å²) in [6, 6.07) is 0. The van der Waals surface area contributed by atoms with Crippen LogP contribution in [-0.2, 0) is 4.79 Å². The third kappa shape index (κ3) is 3.37. The highest BCUT2D eigenvalue weighted by atomic mass is 16.4. The van der Waals surface area contributed by atoms with Gasteiger partial charge in [-0.2, -0.15) is 0 Å². The topological polar surface area (TPSA) is 37.3 Å². The average molecular weight is 184 g/mol. The highest BCUT2D eigenvalue weighted by molar-refractivity contribution is 5.69. The van der Waals surface area contributed by atoms with E-state index in [9.17, 15) is 4.79 Å². The Bertz CT molecular complexity index is 177. The Morgan fingerprint density at radius 1 is 1.54 bits per heavy atom. The normalized spacial score (nSPS) is 31.2. The molecule has 13 heavy (non-hydrogen) atoms. The molecule has 2 nitrogen and oxygen atoms in total. The molecule has 3 atom stereocenters. The Balaban J connectivity index is 2.31. The second-order valence-corrected chi connectivity index (χ2v) is 4.61. The van der Waals surface area contributed by atoms with Crippen LogP contribution in [0, 0.1) is 17.8 Å². The first-order valence-corrected chi connectivity index (χ1v) is 5.32. The third-order valence-corrected chi connectivity index (χ3v) is 3.15. The number of aliphatic carboxylic acids is 1. The highest BCUT2D eigenvalue weighted by Crippen LogP contribution is 2.32. The quantitative estimate of drug-likeness (QED) is 0.732. The lowest BCUT2D eigenvalue weighted by Crippen LogP contribution is -2.19. The Morgan fingerprint density at radius 3 is 2.77 bits per heavy atom. The van der Waals surface area contributed by atoms with Crippen LogP contribution >= 0.6 is 0 Å². The van der Waals surface area contributed by atoms with Gasteiger partial charge in [-0.25, -0.2) is 0 Å². The molecule has 1 saturated carbocycles. The minimum absolute atomic E-state index is 0.157. The summed E-state index contributed by atoms with van der Waals surface area (Å²) < 4.78 is 0. The number of hydrogen-bond acceptors (Lipinski definition) is 1. The van der Waals surface area contributed by atoms with Crippen molar-refractivity contribution in [3.05, 3.63) is 0 Å². The molecule has 76 valence electrons. The van der Waals surface area contributed by atoms with Gasteiger partial charge in [0.25, 0.3) is 0 Å². The molecule has 0 radical (unpaired) electrons. The summed E-state index contributed by atoms with van der Waals surface area (Å²) in [5, 5.41) is 8.78. The van der Waals surface area contributed by atoms with E-state index in [1.807, 2.05) is 6.92 Å². The number of carboxylic acids is 1. The van der Waals surface area contributed by atoms with Crippen molar-refractivity contribution < 1.29 is 9.90 Å². The van der Waals surface area contributed by atoms with Gasteiger partial charge in [-0.15, -0.1) is 0 Å². The summed E-state index contributed by atoms with van der Waals surface area (Å²) in [5.41, 5.74) is 0. The molecule has 1 aliphatic rings. The molecule has 2 heteroatoms. The van der Waals surface area contributed by atoms with Crippen LogP contribution in [0.25, 0.3) is 0 Å². The first kappa shape index (κ1) is 10.6. The monoisotopic (exact) mass is 184 g/mol. The number of hydrogen-bond donors (Lipinski definition) is 1. The largest absolute Gasteiger partial charge is 0.481 e. The maximum Gasteiger partial charge on any atom is 0.306 e. The predicted octanol–water partition coefficient (Wildman–Crippen LogP) is 2.92. The summed E-state index contributed by atoms with van der Waals surface area (Å²) in [4.78, 5) is 10.7. The summed E-state index contributed by atoms with van der Waals surface area (Å²) in [7, 11) is 0. The first-order chi connectivity index (χ1) is 6.09. The molecule has 1 fully saturated rings. The lowest BCUT2D eigenvalue weighted by Gasteiger charge is -2.27. The van der Waals surface area contributed by atoms with Gasteiger partial charge >= 0.3 is 5.97 Å². The fourth-order valence-electron chi connectivity index (χ4n) is 2.37. The molecule has 0 aliphatic heterocycles. The fraction of sp³-hybridized carbons (Fsp3) is 0.909.